The van der Waals surface area contributed by atoms with Crippen LogP contribution in [0.25, 0.3) is 0 Å². The molecule has 1 aromatic rings. The van der Waals surface area contributed by atoms with E-state index in [1.165, 1.54) is 12.0 Å². The molecule has 18 heavy (non-hydrogen) atoms. The zero-order valence-electron chi connectivity index (χ0n) is 10.4. The van der Waals surface area contributed by atoms with E-state index in [0.29, 0.717) is 17.9 Å². The molecule has 0 aliphatic rings. The molecule has 0 unspecified atom stereocenters. The maximum atomic E-state index is 12.3. The van der Waals surface area contributed by atoms with E-state index in [0.717, 1.165) is 10.9 Å². The molecular formula is C13H15BrN2O2. The summed E-state index contributed by atoms with van der Waals surface area (Å²) < 4.78 is 6.04. The maximum absolute atomic E-state index is 12.3. The number of hydrogen-bond acceptors (Lipinski definition) is 3. The SMILES string of the molecule is CCCN(CC#N)C(=O)c1ccc(Br)cc1OC. The number of rotatable bonds is 5. The molecule has 0 saturated heterocycles. The van der Waals surface area contributed by atoms with Gasteiger partial charge in [0.1, 0.15) is 12.3 Å². The molecule has 5 heteroatoms. The van der Waals surface area contributed by atoms with Gasteiger partial charge in [-0.1, -0.05) is 22.9 Å². The van der Waals surface area contributed by atoms with Gasteiger partial charge in [0.25, 0.3) is 5.91 Å². The summed E-state index contributed by atoms with van der Waals surface area (Å²) in [5, 5.41) is 8.75. The quantitative estimate of drug-likeness (QED) is 0.786. The predicted octanol–water partition coefficient (Wildman–Crippen LogP) is 2.83. The summed E-state index contributed by atoms with van der Waals surface area (Å²) in [7, 11) is 1.52. The highest BCUT2D eigenvalue weighted by atomic mass is 79.9. The van der Waals surface area contributed by atoms with Gasteiger partial charge in [-0.3, -0.25) is 4.79 Å². The monoisotopic (exact) mass is 310 g/mol. The minimum absolute atomic E-state index is 0.0892. The van der Waals surface area contributed by atoms with E-state index >= 15 is 0 Å². The summed E-state index contributed by atoms with van der Waals surface area (Å²) in [4.78, 5) is 13.8. The van der Waals surface area contributed by atoms with Gasteiger partial charge >= 0.3 is 0 Å². The van der Waals surface area contributed by atoms with E-state index in [9.17, 15) is 4.79 Å². The average molecular weight is 311 g/mol. The van der Waals surface area contributed by atoms with Crippen molar-refractivity contribution in [3.63, 3.8) is 0 Å². The maximum Gasteiger partial charge on any atom is 0.258 e. The summed E-state index contributed by atoms with van der Waals surface area (Å²) in [6.45, 7) is 2.62. The number of benzene rings is 1. The van der Waals surface area contributed by atoms with Crippen LogP contribution in [0.5, 0.6) is 5.75 Å². The van der Waals surface area contributed by atoms with E-state index in [1.807, 2.05) is 13.0 Å². The predicted molar refractivity (Wildman–Crippen MR) is 72.5 cm³/mol. The summed E-state index contributed by atoms with van der Waals surface area (Å²) >= 11 is 3.33. The highest BCUT2D eigenvalue weighted by Crippen LogP contribution is 2.24. The number of carbonyl (C=O) groups is 1. The minimum Gasteiger partial charge on any atom is -0.496 e. The number of halogens is 1. The van der Waals surface area contributed by atoms with Crippen LogP contribution >= 0.6 is 15.9 Å². The van der Waals surface area contributed by atoms with Gasteiger partial charge < -0.3 is 9.64 Å². The number of carbonyl (C=O) groups excluding carboxylic acids is 1. The molecule has 1 aromatic carbocycles. The van der Waals surface area contributed by atoms with Gasteiger partial charge in [-0.2, -0.15) is 5.26 Å². The molecule has 0 aromatic heterocycles. The molecule has 0 spiro atoms. The molecule has 0 aliphatic carbocycles. The molecule has 0 fully saturated rings. The van der Waals surface area contributed by atoms with Crippen LogP contribution in [0.3, 0.4) is 0 Å². The second kappa shape index (κ2) is 7.02. The van der Waals surface area contributed by atoms with Crippen molar-refractivity contribution in [1.82, 2.24) is 4.90 Å². The van der Waals surface area contributed by atoms with Crippen molar-refractivity contribution >= 4 is 21.8 Å². The number of hydrogen-bond donors (Lipinski definition) is 0. The Bertz CT molecular complexity index is 469. The van der Waals surface area contributed by atoms with Crippen LogP contribution < -0.4 is 4.74 Å². The lowest BCUT2D eigenvalue weighted by molar-refractivity contribution is 0.0772. The molecule has 0 radical (unpaired) electrons. The highest BCUT2D eigenvalue weighted by molar-refractivity contribution is 9.10. The number of methoxy groups -OCH3 is 1. The van der Waals surface area contributed by atoms with Crippen molar-refractivity contribution in [2.45, 2.75) is 13.3 Å². The van der Waals surface area contributed by atoms with Gasteiger partial charge in [0.05, 0.1) is 18.7 Å². The number of ether oxygens (including phenoxy) is 1. The van der Waals surface area contributed by atoms with Gasteiger partial charge in [0.2, 0.25) is 0 Å². The summed E-state index contributed by atoms with van der Waals surface area (Å²) in [6.07, 6.45) is 0.812. The fourth-order valence-corrected chi connectivity index (χ4v) is 1.96. The lowest BCUT2D eigenvalue weighted by Gasteiger charge is -2.20. The van der Waals surface area contributed by atoms with Crippen molar-refractivity contribution in [2.75, 3.05) is 20.2 Å². The molecule has 0 N–H and O–H groups in total. The fourth-order valence-electron chi connectivity index (χ4n) is 1.62. The molecular weight excluding hydrogens is 296 g/mol. The molecule has 1 rings (SSSR count). The summed E-state index contributed by atoms with van der Waals surface area (Å²) in [5.74, 6) is 0.330. The minimum atomic E-state index is -0.178. The van der Waals surface area contributed by atoms with E-state index in [1.54, 1.807) is 18.2 Å². The second-order valence-corrected chi connectivity index (χ2v) is 4.65. The zero-order chi connectivity index (χ0) is 13.5. The topological polar surface area (TPSA) is 53.3 Å². The lowest BCUT2D eigenvalue weighted by atomic mass is 10.1. The van der Waals surface area contributed by atoms with E-state index in [4.69, 9.17) is 10.00 Å². The Balaban J connectivity index is 3.04. The van der Waals surface area contributed by atoms with Gasteiger partial charge in [-0.15, -0.1) is 0 Å². The van der Waals surface area contributed by atoms with Crippen molar-refractivity contribution in [1.29, 1.82) is 5.26 Å². The Kier molecular flexibility index (Phi) is 5.66. The van der Waals surface area contributed by atoms with Crippen LogP contribution in [-0.2, 0) is 0 Å². The largest absolute Gasteiger partial charge is 0.496 e. The zero-order valence-corrected chi connectivity index (χ0v) is 12.0. The Morgan fingerprint density at radius 3 is 2.83 bits per heavy atom. The smallest absolute Gasteiger partial charge is 0.258 e. The first-order chi connectivity index (χ1) is 8.63. The van der Waals surface area contributed by atoms with Gasteiger partial charge in [0.15, 0.2) is 0 Å². The summed E-state index contributed by atoms with van der Waals surface area (Å²) in [6, 6.07) is 7.23. The third kappa shape index (κ3) is 3.47. The highest BCUT2D eigenvalue weighted by Gasteiger charge is 2.18. The molecule has 0 bridgehead atoms. The average Bonchev–Trinajstić information content (AvgIpc) is 2.37. The number of nitriles is 1. The van der Waals surface area contributed by atoms with E-state index < -0.39 is 0 Å². The van der Waals surface area contributed by atoms with Gasteiger partial charge in [0, 0.05) is 11.0 Å². The molecule has 4 nitrogen and oxygen atoms in total. The fraction of sp³-hybridized carbons (Fsp3) is 0.385. The Labute approximate surface area is 115 Å². The number of nitrogens with zero attached hydrogens (tertiary/aromatic N) is 2. The van der Waals surface area contributed by atoms with Crippen LogP contribution in [0.1, 0.15) is 23.7 Å². The van der Waals surface area contributed by atoms with Crippen molar-refractivity contribution in [2.24, 2.45) is 0 Å². The lowest BCUT2D eigenvalue weighted by Crippen LogP contribution is -2.32. The van der Waals surface area contributed by atoms with Crippen molar-refractivity contribution < 1.29 is 9.53 Å². The molecule has 0 saturated carbocycles. The van der Waals surface area contributed by atoms with Crippen LogP contribution in [0.15, 0.2) is 22.7 Å². The Morgan fingerprint density at radius 1 is 1.56 bits per heavy atom. The Morgan fingerprint density at radius 2 is 2.28 bits per heavy atom. The van der Waals surface area contributed by atoms with Gasteiger partial charge in [-0.25, -0.2) is 0 Å². The second-order valence-electron chi connectivity index (χ2n) is 3.73. The van der Waals surface area contributed by atoms with Crippen molar-refractivity contribution in [3.05, 3.63) is 28.2 Å². The first-order valence-corrected chi connectivity index (χ1v) is 6.43. The van der Waals surface area contributed by atoms with E-state index in [2.05, 4.69) is 15.9 Å². The molecule has 96 valence electrons. The Hall–Kier alpha value is -1.54. The van der Waals surface area contributed by atoms with Crippen LogP contribution in [-0.4, -0.2) is 31.0 Å². The molecule has 0 heterocycles. The normalized spacial score (nSPS) is 9.67. The molecule has 0 atom stereocenters. The van der Waals surface area contributed by atoms with E-state index in [-0.39, 0.29) is 12.5 Å². The molecule has 1 amide bonds. The first-order valence-electron chi connectivity index (χ1n) is 5.63. The summed E-state index contributed by atoms with van der Waals surface area (Å²) in [5.41, 5.74) is 0.476. The molecule has 0 aliphatic heterocycles. The van der Waals surface area contributed by atoms with Crippen LogP contribution in [0.4, 0.5) is 0 Å². The first kappa shape index (κ1) is 14.5. The van der Waals surface area contributed by atoms with Crippen LogP contribution in [0, 0.1) is 11.3 Å². The standard InChI is InChI=1S/C13H15BrN2O2/c1-3-7-16(8-6-15)13(17)11-5-4-10(14)9-12(11)18-2/h4-5,9H,3,7-8H2,1-2H3. The van der Waals surface area contributed by atoms with Gasteiger partial charge in [-0.05, 0) is 24.6 Å². The third-order valence-electron chi connectivity index (χ3n) is 2.44. The number of amides is 1. The third-order valence-corrected chi connectivity index (χ3v) is 2.93. The van der Waals surface area contributed by atoms with Crippen LogP contribution in [0.2, 0.25) is 0 Å². The van der Waals surface area contributed by atoms with Crippen molar-refractivity contribution in [3.8, 4) is 11.8 Å².